The molecule has 1 aromatic carbocycles. The lowest BCUT2D eigenvalue weighted by molar-refractivity contribution is 0.326. The van der Waals surface area contributed by atoms with Gasteiger partial charge in [0.15, 0.2) is 11.5 Å². The summed E-state index contributed by atoms with van der Waals surface area (Å²) in [5.74, 6) is 1.29. The van der Waals surface area contributed by atoms with Crippen LogP contribution in [-0.2, 0) is 0 Å². The predicted molar refractivity (Wildman–Crippen MR) is 79.1 cm³/mol. The van der Waals surface area contributed by atoms with Gasteiger partial charge in [-0.25, -0.2) is 0 Å². The number of ether oxygens (including phenoxy) is 2. The first-order valence-corrected chi connectivity index (χ1v) is 6.23. The fourth-order valence-electron chi connectivity index (χ4n) is 1.49. The average Bonchev–Trinajstić information content (AvgIpc) is 2.88. The van der Waals surface area contributed by atoms with Gasteiger partial charge in [0, 0.05) is 0 Å². The Balaban J connectivity index is 2.21. The Kier molecular flexibility index (Phi) is 4.67. The number of hydrogen-bond acceptors (Lipinski definition) is 5. The number of hydrogen-bond donors (Lipinski definition) is 1. The third kappa shape index (κ3) is 3.33. The Morgan fingerprint density at radius 3 is 3.00 bits per heavy atom. The molecule has 0 unspecified atom stereocenters. The molecule has 0 fully saturated rings. The molecule has 0 spiro atoms. The van der Waals surface area contributed by atoms with E-state index in [1.165, 1.54) is 11.0 Å². The summed E-state index contributed by atoms with van der Waals surface area (Å²) in [7, 11) is 1.59. The van der Waals surface area contributed by atoms with Crippen molar-refractivity contribution in [1.29, 1.82) is 0 Å². The number of nitrogens with one attached hydrogen (secondary N) is 1. The van der Waals surface area contributed by atoms with Crippen LogP contribution in [0.3, 0.4) is 0 Å². The van der Waals surface area contributed by atoms with Gasteiger partial charge in [-0.2, -0.15) is 14.9 Å². The van der Waals surface area contributed by atoms with Crippen LogP contribution in [0, 0.1) is 4.77 Å². The second-order valence-electron chi connectivity index (χ2n) is 3.76. The first-order valence-electron chi connectivity index (χ1n) is 5.82. The monoisotopic (exact) mass is 290 g/mol. The molecular weight excluding hydrogens is 276 g/mol. The minimum atomic E-state index is 0.425. The molecule has 6 nitrogen and oxygen atoms in total. The molecule has 7 heteroatoms. The van der Waals surface area contributed by atoms with Crippen LogP contribution < -0.4 is 9.47 Å². The molecule has 0 saturated heterocycles. The number of rotatable bonds is 6. The van der Waals surface area contributed by atoms with E-state index < -0.39 is 0 Å². The minimum absolute atomic E-state index is 0.425. The van der Waals surface area contributed by atoms with Crippen LogP contribution in [0.2, 0.25) is 0 Å². The molecule has 1 heterocycles. The van der Waals surface area contributed by atoms with Gasteiger partial charge in [-0.3, -0.25) is 5.10 Å². The molecule has 0 amide bonds. The van der Waals surface area contributed by atoms with Crippen LogP contribution in [0.15, 0.2) is 42.3 Å². The zero-order chi connectivity index (χ0) is 14.4. The summed E-state index contributed by atoms with van der Waals surface area (Å²) in [4.78, 5) is 0. The van der Waals surface area contributed by atoms with Crippen molar-refractivity contribution in [3.63, 3.8) is 0 Å². The Bertz CT molecular complexity index is 675. The normalized spacial score (nSPS) is 10.7. The Labute approximate surface area is 121 Å². The lowest BCUT2D eigenvalue weighted by Crippen LogP contribution is -1.97. The first-order chi connectivity index (χ1) is 9.74. The van der Waals surface area contributed by atoms with Crippen LogP contribution in [0.4, 0.5) is 0 Å². The van der Waals surface area contributed by atoms with Gasteiger partial charge in [-0.1, -0.05) is 12.7 Å². The second-order valence-corrected chi connectivity index (χ2v) is 4.15. The van der Waals surface area contributed by atoms with Crippen molar-refractivity contribution >= 4 is 18.4 Å². The summed E-state index contributed by atoms with van der Waals surface area (Å²) < 4.78 is 12.6. The summed E-state index contributed by atoms with van der Waals surface area (Å²) in [6.07, 6.45) is 4.83. The average molecular weight is 290 g/mol. The predicted octanol–water partition coefficient (Wildman–Crippen LogP) is 2.40. The first kappa shape index (κ1) is 14.0. The van der Waals surface area contributed by atoms with Gasteiger partial charge in [0.1, 0.15) is 12.9 Å². The molecule has 2 rings (SSSR count). The SMILES string of the molecule is C=CCOc1ccc(C=Nn2cn[nH]c2=S)cc1OC. The van der Waals surface area contributed by atoms with Crippen molar-refractivity contribution in [1.82, 2.24) is 14.9 Å². The maximum atomic E-state index is 5.48. The highest BCUT2D eigenvalue weighted by molar-refractivity contribution is 7.71. The lowest BCUT2D eigenvalue weighted by atomic mass is 10.2. The largest absolute Gasteiger partial charge is 0.493 e. The standard InChI is InChI=1S/C13H14N4O2S/c1-3-6-19-11-5-4-10(7-12(11)18-2)8-15-17-9-14-16-13(17)20/h3-5,7-9H,1,6H2,2H3,(H,16,20). The summed E-state index contributed by atoms with van der Waals surface area (Å²) >= 11 is 5.00. The highest BCUT2D eigenvalue weighted by atomic mass is 32.1. The fourth-order valence-corrected chi connectivity index (χ4v) is 1.63. The van der Waals surface area contributed by atoms with Crippen LogP contribution in [0.25, 0.3) is 0 Å². The summed E-state index contributed by atoms with van der Waals surface area (Å²) in [5.41, 5.74) is 0.857. The van der Waals surface area contributed by atoms with Crippen LogP contribution in [0.1, 0.15) is 5.56 Å². The Morgan fingerprint density at radius 2 is 2.35 bits per heavy atom. The van der Waals surface area contributed by atoms with Gasteiger partial charge in [0.25, 0.3) is 0 Å². The molecule has 1 aromatic heterocycles. The third-order valence-corrected chi connectivity index (χ3v) is 2.69. The highest BCUT2D eigenvalue weighted by Crippen LogP contribution is 2.27. The molecule has 104 valence electrons. The molecule has 0 saturated carbocycles. The number of methoxy groups -OCH3 is 1. The highest BCUT2D eigenvalue weighted by Gasteiger charge is 2.04. The van der Waals surface area contributed by atoms with Crippen molar-refractivity contribution < 1.29 is 9.47 Å². The van der Waals surface area contributed by atoms with Gasteiger partial charge in [-0.05, 0) is 36.0 Å². The summed E-state index contributed by atoms with van der Waals surface area (Å²) in [6, 6.07) is 5.51. The molecule has 20 heavy (non-hydrogen) atoms. The quantitative estimate of drug-likeness (QED) is 0.504. The second kappa shape index (κ2) is 6.67. The van der Waals surface area contributed by atoms with Crippen molar-refractivity contribution in [2.45, 2.75) is 0 Å². The van der Waals surface area contributed by atoms with Gasteiger partial charge in [0.05, 0.1) is 13.3 Å². The van der Waals surface area contributed by atoms with Gasteiger partial charge in [-0.15, -0.1) is 0 Å². The van der Waals surface area contributed by atoms with Crippen molar-refractivity contribution in [3.05, 3.63) is 47.5 Å². The lowest BCUT2D eigenvalue weighted by Gasteiger charge is -2.09. The molecule has 0 radical (unpaired) electrons. The number of benzene rings is 1. The molecule has 0 bridgehead atoms. The van der Waals surface area contributed by atoms with E-state index in [1.54, 1.807) is 19.4 Å². The van der Waals surface area contributed by atoms with Crippen LogP contribution in [-0.4, -0.2) is 34.8 Å². The fraction of sp³-hybridized carbons (Fsp3) is 0.154. The molecule has 0 aliphatic carbocycles. The molecule has 0 aliphatic heterocycles. The zero-order valence-corrected chi connectivity index (χ0v) is 11.8. The minimum Gasteiger partial charge on any atom is -0.493 e. The smallest absolute Gasteiger partial charge is 0.216 e. The van der Waals surface area contributed by atoms with E-state index in [-0.39, 0.29) is 0 Å². The van der Waals surface area contributed by atoms with Crippen molar-refractivity contribution in [2.24, 2.45) is 5.10 Å². The Morgan fingerprint density at radius 1 is 1.50 bits per heavy atom. The van der Waals surface area contributed by atoms with Gasteiger partial charge >= 0.3 is 0 Å². The van der Waals surface area contributed by atoms with E-state index in [0.29, 0.717) is 22.9 Å². The number of aromatic nitrogens is 3. The number of H-pyrrole nitrogens is 1. The van der Waals surface area contributed by atoms with E-state index in [9.17, 15) is 0 Å². The molecule has 1 N–H and O–H groups in total. The third-order valence-electron chi connectivity index (χ3n) is 2.41. The molecule has 0 aliphatic rings. The number of aromatic amines is 1. The van der Waals surface area contributed by atoms with E-state index in [2.05, 4.69) is 21.9 Å². The van der Waals surface area contributed by atoms with E-state index in [0.717, 1.165) is 5.56 Å². The van der Waals surface area contributed by atoms with Crippen LogP contribution in [0.5, 0.6) is 11.5 Å². The van der Waals surface area contributed by atoms with Crippen LogP contribution >= 0.6 is 12.2 Å². The summed E-state index contributed by atoms with van der Waals surface area (Å²) in [5, 5.41) is 10.6. The maximum absolute atomic E-state index is 5.48. The molecular formula is C13H14N4O2S. The maximum Gasteiger partial charge on any atom is 0.216 e. The van der Waals surface area contributed by atoms with Crippen molar-refractivity contribution in [3.8, 4) is 11.5 Å². The van der Waals surface area contributed by atoms with Crippen molar-refractivity contribution in [2.75, 3.05) is 13.7 Å². The van der Waals surface area contributed by atoms with E-state index >= 15 is 0 Å². The zero-order valence-electron chi connectivity index (χ0n) is 10.9. The topological polar surface area (TPSA) is 64.4 Å². The summed E-state index contributed by atoms with van der Waals surface area (Å²) in [6.45, 7) is 4.03. The van der Waals surface area contributed by atoms with Gasteiger partial charge in [0.2, 0.25) is 4.77 Å². The number of nitrogens with zero attached hydrogens (tertiary/aromatic N) is 3. The van der Waals surface area contributed by atoms with E-state index in [1.807, 2.05) is 18.2 Å². The molecule has 2 aromatic rings. The Hall–Kier alpha value is -2.41. The molecule has 0 atom stereocenters. The van der Waals surface area contributed by atoms with E-state index in [4.69, 9.17) is 21.7 Å². The van der Waals surface area contributed by atoms with Gasteiger partial charge < -0.3 is 9.47 Å².